The van der Waals surface area contributed by atoms with Gasteiger partial charge in [0.15, 0.2) is 0 Å². The van der Waals surface area contributed by atoms with Crippen molar-refractivity contribution in [3.05, 3.63) is 134 Å². The van der Waals surface area contributed by atoms with Crippen molar-refractivity contribution >= 4 is 19.7 Å². The van der Waals surface area contributed by atoms with Crippen molar-refractivity contribution in [2.24, 2.45) is 0 Å². The summed E-state index contributed by atoms with van der Waals surface area (Å²) in [5.74, 6) is -0.547. The third kappa shape index (κ3) is 60.7. The predicted molar refractivity (Wildman–Crippen MR) is 355 cm³/mol. The molecule has 0 radical (unpaired) electrons. The Morgan fingerprint density at radius 1 is 0.439 bits per heavy atom. The van der Waals surface area contributed by atoms with Gasteiger partial charge in [-0.2, -0.15) is 0 Å². The molecule has 0 aromatic carbocycles. The maximum Gasteiger partial charge on any atom is 0.472 e. The minimum Gasteiger partial charge on any atom is -0.456 e. The molecule has 0 saturated carbocycles. The first kappa shape index (κ1) is 78.1. The average molecular weight is 1160 g/mol. The van der Waals surface area contributed by atoms with E-state index in [0.717, 1.165) is 154 Å². The third-order valence-electron chi connectivity index (χ3n) is 13.8. The zero-order valence-electron chi connectivity index (χ0n) is 53.4. The normalized spacial score (nSPS) is 14.5. The first-order valence-corrected chi connectivity index (χ1v) is 34.5. The Bertz CT molecular complexity index is 1860. The van der Waals surface area contributed by atoms with Crippen molar-refractivity contribution in [2.45, 2.75) is 270 Å². The number of phosphoric ester groups is 1. The number of carbonyl (C=O) groups excluding carboxylic acids is 2. The summed E-state index contributed by atoms with van der Waals surface area (Å²) in [6, 6.07) is -0.874. The Morgan fingerprint density at radius 2 is 0.780 bits per heavy atom. The molecular formula is C72H124N2O7P+. The first-order valence-electron chi connectivity index (χ1n) is 33.0. The number of allylic oxidation sites excluding steroid dienone is 21. The number of rotatable bonds is 58. The summed E-state index contributed by atoms with van der Waals surface area (Å²) in [4.78, 5) is 37.8. The summed E-state index contributed by atoms with van der Waals surface area (Å²) in [6.07, 6.45) is 85.9. The maximum atomic E-state index is 13.6. The van der Waals surface area contributed by atoms with E-state index in [1.807, 2.05) is 33.3 Å². The highest BCUT2D eigenvalue weighted by Crippen LogP contribution is 2.43. The van der Waals surface area contributed by atoms with Crippen molar-refractivity contribution in [2.75, 3.05) is 40.9 Å². The molecule has 0 spiro atoms. The molecule has 0 bridgehead atoms. The van der Waals surface area contributed by atoms with Gasteiger partial charge in [0, 0.05) is 12.8 Å². The van der Waals surface area contributed by atoms with Gasteiger partial charge < -0.3 is 19.4 Å². The van der Waals surface area contributed by atoms with Crippen LogP contribution >= 0.6 is 7.82 Å². The number of carbonyl (C=O) groups is 2. The van der Waals surface area contributed by atoms with Crippen LogP contribution in [0.15, 0.2) is 134 Å². The predicted octanol–water partition coefficient (Wildman–Crippen LogP) is 20.8. The van der Waals surface area contributed by atoms with Gasteiger partial charge in [-0.1, -0.05) is 258 Å². The van der Waals surface area contributed by atoms with Crippen LogP contribution in [0.25, 0.3) is 0 Å². The van der Waals surface area contributed by atoms with E-state index >= 15 is 0 Å². The molecule has 0 aliphatic heterocycles. The van der Waals surface area contributed by atoms with Crippen molar-refractivity contribution in [3.63, 3.8) is 0 Å². The van der Waals surface area contributed by atoms with Gasteiger partial charge in [0.1, 0.15) is 19.3 Å². The quantitative estimate of drug-likeness (QED) is 0.0205. The monoisotopic (exact) mass is 1160 g/mol. The van der Waals surface area contributed by atoms with Crippen LogP contribution < -0.4 is 5.32 Å². The van der Waals surface area contributed by atoms with Gasteiger partial charge in [-0.25, -0.2) is 4.57 Å². The molecule has 2 N–H and O–H groups in total. The lowest BCUT2D eigenvalue weighted by atomic mass is 10.0. The fourth-order valence-electron chi connectivity index (χ4n) is 8.82. The van der Waals surface area contributed by atoms with Crippen molar-refractivity contribution in [1.82, 2.24) is 5.32 Å². The van der Waals surface area contributed by atoms with E-state index in [4.69, 9.17) is 13.8 Å². The number of ether oxygens (including phenoxy) is 1. The lowest BCUT2D eigenvalue weighted by molar-refractivity contribution is -0.870. The number of nitrogens with one attached hydrogen (secondary N) is 1. The van der Waals surface area contributed by atoms with Gasteiger partial charge in [0.25, 0.3) is 0 Å². The molecule has 0 aromatic heterocycles. The van der Waals surface area contributed by atoms with Crippen LogP contribution in [0.2, 0.25) is 0 Å². The smallest absolute Gasteiger partial charge is 0.456 e. The Labute approximate surface area is 505 Å². The average Bonchev–Trinajstić information content (AvgIpc) is 3.44. The van der Waals surface area contributed by atoms with E-state index in [9.17, 15) is 19.0 Å². The van der Waals surface area contributed by atoms with Crippen LogP contribution in [-0.2, 0) is 27.9 Å². The van der Waals surface area contributed by atoms with Crippen LogP contribution in [0.5, 0.6) is 0 Å². The van der Waals surface area contributed by atoms with Gasteiger partial charge >= 0.3 is 13.8 Å². The largest absolute Gasteiger partial charge is 0.472 e. The molecule has 3 unspecified atom stereocenters. The fraction of sp³-hybridized carbons (Fsp3) is 0.667. The molecule has 0 heterocycles. The molecule has 9 nitrogen and oxygen atoms in total. The number of unbranched alkanes of at least 4 members (excludes halogenated alkanes) is 22. The van der Waals surface area contributed by atoms with Crippen molar-refractivity contribution < 1.29 is 37.3 Å². The van der Waals surface area contributed by atoms with Crippen molar-refractivity contribution in [3.8, 4) is 0 Å². The molecular weight excluding hydrogens is 1040 g/mol. The van der Waals surface area contributed by atoms with Crippen LogP contribution in [0.3, 0.4) is 0 Å². The van der Waals surface area contributed by atoms with Gasteiger partial charge in [0.2, 0.25) is 5.91 Å². The fourth-order valence-corrected chi connectivity index (χ4v) is 9.55. The highest BCUT2D eigenvalue weighted by molar-refractivity contribution is 7.47. The second-order valence-electron chi connectivity index (χ2n) is 22.9. The van der Waals surface area contributed by atoms with Crippen LogP contribution in [0.1, 0.15) is 258 Å². The van der Waals surface area contributed by atoms with E-state index in [-0.39, 0.29) is 31.5 Å². The highest BCUT2D eigenvalue weighted by atomic mass is 31.2. The highest BCUT2D eigenvalue weighted by Gasteiger charge is 2.30. The number of phosphoric acid groups is 1. The zero-order chi connectivity index (χ0) is 60.0. The topological polar surface area (TPSA) is 111 Å². The lowest BCUT2D eigenvalue weighted by Crippen LogP contribution is -2.47. The number of esters is 1. The molecule has 0 aliphatic rings. The second kappa shape index (κ2) is 60.3. The molecule has 0 saturated heterocycles. The standard InChI is InChI=1S/C72H123N2O7P/c1-7-10-13-16-19-22-25-28-30-32-34-36-37-39-41-43-45-47-50-53-56-59-62-65-72(76)81-70(63-60-57-54-51-48-27-24-21-18-15-12-9-3)69(68-80-82(77,78)79-67-66-74(4,5)6)73-71(75)64-61-58-55-52-49-46-44-42-40-38-35-33-31-29-26-23-20-17-14-11-8-2/h10-11,13-14,19-20,22-23,28-31,34-36,38-39,41-42,44,60,63,69-70H,7-9,12,15-18,21,24-27,32-33,37,40,43,45-59,61-62,64-68H2,1-6H3,(H-,73,75,77,78)/p+1/b13-10-,14-11-,22-19-,23-20-,30-28-,31-29-,36-34-,38-35-,41-39-,44-42-,63-60+. The Morgan fingerprint density at radius 3 is 1.17 bits per heavy atom. The first-order chi connectivity index (χ1) is 39.9. The van der Waals surface area contributed by atoms with Crippen LogP contribution in [0.4, 0.5) is 0 Å². The number of likely N-dealkylation sites (N-methyl/N-ethyl adjacent to an activating group) is 1. The Balaban J connectivity index is 5.25. The van der Waals surface area contributed by atoms with Gasteiger partial charge in [-0.3, -0.25) is 18.6 Å². The molecule has 0 aromatic rings. The van der Waals surface area contributed by atoms with E-state index in [0.29, 0.717) is 17.4 Å². The molecule has 0 aliphatic carbocycles. The molecule has 3 atom stereocenters. The minimum absolute atomic E-state index is 0.0267. The molecule has 1 amide bonds. The number of nitrogens with zero attached hydrogens (tertiary/aromatic N) is 1. The van der Waals surface area contributed by atoms with Gasteiger partial charge in [0.05, 0.1) is 33.8 Å². The van der Waals surface area contributed by atoms with Gasteiger partial charge in [-0.05, 0) is 122 Å². The maximum absolute atomic E-state index is 13.6. The Kier molecular flexibility index (Phi) is 57.4. The summed E-state index contributed by atoms with van der Waals surface area (Å²) in [5, 5.41) is 3.05. The number of quaternary nitrogens is 1. The van der Waals surface area contributed by atoms with Crippen molar-refractivity contribution in [1.29, 1.82) is 0 Å². The summed E-state index contributed by atoms with van der Waals surface area (Å²) in [5.41, 5.74) is 0. The lowest BCUT2D eigenvalue weighted by Gasteiger charge is -2.27. The molecule has 82 heavy (non-hydrogen) atoms. The Hall–Kier alpha value is -3.85. The molecule has 468 valence electrons. The van der Waals surface area contributed by atoms with Crippen LogP contribution in [0, 0.1) is 0 Å². The SMILES string of the molecule is CC/C=C\C/C=C\C/C=C\C/C=C\C/C=C\CCCCCCCCCC(=O)OC(/C=C/CCCCCCCCCCCC)C(COP(=O)(O)OCC[N+](C)(C)C)NC(=O)CCCCCCC/C=C\C/C=C\C/C=C\C/C=C\C/C=C\CC. The van der Waals surface area contributed by atoms with Gasteiger partial charge in [-0.15, -0.1) is 0 Å². The minimum atomic E-state index is -4.47. The molecule has 0 rings (SSSR count). The summed E-state index contributed by atoms with van der Waals surface area (Å²) in [6.45, 7) is 6.75. The van der Waals surface area contributed by atoms with E-state index in [1.54, 1.807) is 0 Å². The summed E-state index contributed by atoms with van der Waals surface area (Å²) >= 11 is 0. The third-order valence-corrected chi connectivity index (χ3v) is 14.8. The van der Waals surface area contributed by atoms with Crippen LogP contribution in [-0.4, -0.2) is 74.3 Å². The number of hydrogen-bond acceptors (Lipinski definition) is 6. The zero-order valence-corrected chi connectivity index (χ0v) is 54.3. The second-order valence-corrected chi connectivity index (χ2v) is 24.3. The summed E-state index contributed by atoms with van der Waals surface area (Å²) < 4.78 is 30.7. The number of hydrogen-bond donors (Lipinski definition) is 2. The summed E-state index contributed by atoms with van der Waals surface area (Å²) in [7, 11) is 1.46. The molecule has 0 fully saturated rings. The number of amides is 1. The van der Waals surface area contributed by atoms with E-state index in [2.05, 4.69) is 148 Å². The van der Waals surface area contributed by atoms with E-state index in [1.165, 1.54) is 70.6 Å². The van der Waals surface area contributed by atoms with E-state index < -0.39 is 20.0 Å². The molecule has 10 heteroatoms.